The van der Waals surface area contributed by atoms with E-state index in [0.717, 1.165) is 0 Å². The van der Waals surface area contributed by atoms with E-state index >= 15 is 0 Å². The zero-order valence-corrected chi connectivity index (χ0v) is 9.33. The monoisotopic (exact) mass is 253 g/mol. The highest BCUT2D eigenvalue weighted by molar-refractivity contribution is 6.25. The second-order valence-corrected chi connectivity index (χ2v) is 3.21. The van der Waals surface area contributed by atoms with Crippen LogP contribution in [0.25, 0.3) is 0 Å². The topological polar surface area (TPSA) is 67.6 Å². The molecule has 84 valence electrons. The minimum atomic E-state index is -0.745. The van der Waals surface area contributed by atoms with Gasteiger partial charge in [0.1, 0.15) is 12.3 Å². The van der Waals surface area contributed by atoms with E-state index in [9.17, 15) is 4.79 Å². The van der Waals surface area contributed by atoms with E-state index in [0.29, 0.717) is 5.82 Å². The maximum Gasteiger partial charge on any atom is 0.326 e. The summed E-state index contributed by atoms with van der Waals surface area (Å²) in [7, 11) is 1.26. The third-order valence-electron chi connectivity index (χ3n) is 1.63. The Balaban J connectivity index is 2.56. The van der Waals surface area contributed by atoms with E-state index in [2.05, 4.69) is 19.3 Å². The lowest BCUT2D eigenvalue weighted by Gasteiger charge is -2.17. The van der Waals surface area contributed by atoms with E-state index in [1.54, 1.807) is 6.07 Å². The number of halogens is 2. The van der Waals surface area contributed by atoms with Crippen LogP contribution in [0.3, 0.4) is 0 Å². The number of anilines is 1. The van der Waals surface area contributed by atoms with Gasteiger partial charge in [-0.15, -0.1) is 0 Å². The van der Waals surface area contributed by atoms with Crippen molar-refractivity contribution in [1.29, 1.82) is 0 Å². The van der Waals surface area contributed by atoms with Gasteiger partial charge >= 0.3 is 5.97 Å². The average Bonchev–Trinajstić information content (AvgIpc) is 2.77. The number of nitrogens with zero attached hydrogens (tertiary/aromatic N) is 2. The highest BCUT2D eigenvalue weighted by Crippen LogP contribution is 2.13. The fraction of sp³-hybridized carbons (Fsp3) is 0.429. The summed E-state index contributed by atoms with van der Waals surface area (Å²) in [5.41, 5.74) is 0. The molecule has 1 aromatic heterocycles. The summed E-state index contributed by atoms with van der Waals surface area (Å²) in [6, 6.07) is 0.807. The molecule has 0 amide bonds. The number of esters is 1. The molecule has 0 saturated carbocycles. The first-order valence-electron chi connectivity index (χ1n) is 3.96. The summed E-state index contributed by atoms with van der Waals surface area (Å²) in [5.74, 6) is -0.128. The van der Waals surface area contributed by atoms with Crippen molar-refractivity contribution in [2.75, 3.05) is 18.1 Å². The number of ether oxygens (including phenoxy) is 1. The van der Waals surface area contributed by atoms with Crippen molar-refractivity contribution in [2.24, 2.45) is 0 Å². The van der Waals surface area contributed by atoms with Gasteiger partial charge in [0.15, 0.2) is 5.82 Å². The quantitative estimate of drug-likeness (QED) is 0.622. The number of hydrogen-bond donors (Lipinski definition) is 1. The van der Waals surface area contributed by atoms with Crippen LogP contribution in [0.5, 0.6) is 0 Å². The Kier molecular flexibility index (Phi) is 4.67. The third-order valence-corrected chi connectivity index (χ3v) is 2.21. The number of aromatic nitrogens is 1. The molecular weight excluding hydrogens is 245 g/mol. The van der Waals surface area contributed by atoms with Crippen LogP contribution in [0.4, 0.5) is 5.82 Å². The van der Waals surface area contributed by atoms with E-state index < -0.39 is 12.0 Å². The third kappa shape index (κ3) is 3.26. The molecule has 0 aliphatic heterocycles. The normalized spacial score (nSPS) is 12.2. The van der Waals surface area contributed by atoms with Gasteiger partial charge in [0, 0.05) is 17.8 Å². The van der Waals surface area contributed by atoms with Crippen LogP contribution >= 0.6 is 23.6 Å². The summed E-state index contributed by atoms with van der Waals surface area (Å²) < 4.78 is 10.3. The zero-order valence-electron chi connectivity index (χ0n) is 7.81. The molecule has 0 saturated heterocycles. The molecule has 1 heterocycles. The van der Waals surface area contributed by atoms with Gasteiger partial charge in [-0.05, 0) is 11.8 Å². The van der Waals surface area contributed by atoms with Crippen LogP contribution < -0.4 is 9.25 Å². The number of carbonyl (C=O) groups is 1. The lowest BCUT2D eigenvalue weighted by Crippen LogP contribution is -2.40. The first-order chi connectivity index (χ1) is 7.19. The Morgan fingerprint density at radius 1 is 1.87 bits per heavy atom. The summed E-state index contributed by atoms with van der Waals surface area (Å²) >= 11 is 11.2. The van der Waals surface area contributed by atoms with Gasteiger partial charge in [0.05, 0.1) is 13.7 Å². The number of methoxy groups -OCH3 is 1. The predicted octanol–water partition coefficient (Wildman–Crippen LogP) is 0.920. The van der Waals surface area contributed by atoms with Gasteiger partial charge in [0.2, 0.25) is 0 Å². The standard InChI is InChI=1S/C7H9Cl2N3O3/c1-14-7(13)5(10-8)4-12(9)6-2-3-15-11-6/h2-3,5,10H,4H2,1H3. The van der Waals surface area contributed by atoms with Crippen molar-refractivity contribution >= 4 is 35.3 Å². The lowest BCUT2D eigenvalue weighted by atomic mass is 10.3. The molecule has 0 aromatic carbocycles. The summed E-state index contributed by atoms with van der Waals surface area (Å²) in [6.07, 6.45) is 1.37. The first-order valence-corrected chi connectivity index (χ1v) is 4.68. The van der Waals surface area contributed by atoms with Gasteiger partial charge in [-0.1, -0.05) is 5.16 Å². The second-order valence-electron chi connectivity index (χ2n) is 2.59. The van der Waals surface area contributed by atoms with Gasteiger partial charge in [-0.25, -0.2) is 4.84 Å². The molecule has 0 radical (unpaired) electrons. The molecule has 0 fully saturated rings. The molecule has 1 aromatic rings. The molecule has 0 spiro atoms. The average molecular weight is 254 g/mol. The van der Waals surface area contributed by atoms with Crippen LogP contribution in [0.2, 0.25) is 0 Å². The number of nitrogens with one attached hydrogen (secondary N) is 1. The van der Waals surface area contributed by atoms with Crippen LogP contribution in [0.15, 0.2) is 16.9 Å². The Hall–Kier alpha value is -0.980. The smallest absolute Gasteiger partial charge is 0.326 e. The maximum atomic E-state index is 11.1. The Labute approximate surface area is 96.3 Å². The molecule has 6 nitrogen and oxygen atoms in total. The molecular formula is C7H9Cl2N3O3. The highest BCUT2D eigenvalue weighted by atomic mass is 35.5. The van der Waals surface area contributed by atoms with Crippen molar-refractivity contribution in [3.63, 3.8) is 0 Å². The maximum absolute atomic E-state index is 11.1. The van der Waals surface area contributed by atoms with Crippen molar-refractivity contribution in [3.05, 3.63) is 12.3 Å². The molecule has 0 bridgehead atoms. The molecule has 0 aliphatic carbocycles. The lowest BCUT2D eigenvalue weighted by molar-refractivity contribution is -0.142. The summed E-state index contributed by atoms with van der Waals surface area (Å²) in [6.45, 7) is 0.101. The molecule has 1 unspecified atom stereocenters. The zero-order chi connectivity index (χ0) is 11.3. The van der Waals surface area contributed by atoms with Crippen molar-refractivity contribution in [3.8, 4) is 0 Å². The first kappa shape index (κ1) is 12.1. The van der Waals surface area contributed by atoms with Crippen LogP contribution in [-0.4, -0.2) is 30.8 Å². The van der Waals surface area contributed by atoms with Crippen LogP contribution in [0.1, 0.15) is 0 Å². The Morgan fingerprint density at radius 3 is 3.07 bits per heavy atom. The van der Waals surface area contributed by atoms with Crippen molar-refractivity contribution < 1.29 is 14.1 Å². The molecule has 1 N–H and O–H groups in total. The van der Waals surface area contributed by atoms with Crippen molar-refractivity contribution in [1.82, 2.24) is 9.99 Å². The van der Waals surface area contributed by atoms with Crippen LogP contribution in [-0.2, 0) is 9.53 Å². The largest absolute Gasteiger partial charge is 0.468 e. The highest BCUT2D eigenvalue weighted by Gasteiger charge is 2.22. The number of rotatable bonds is 5. The second kappa shape index (κ2) is 5.79. The fourth-order valence-electron chi connectivity index (χ4n) is 0.881. The van der Waals surface area contributed by atoms with Crippen molar-refractivity contribution in [2.45, 2.75) is 6.04 Å². The molecule has 8 heteroatoms. The Morgan fingerprint density at radius 2 is 2.60 bits per heavy atom. The molecule has 1 rings (SSSR count). The van der Waals surface area contributed by atoms with Gasteiger partial charge in [-0.3, -0.25) is 9.21 Å². The fourth-order valence-corrected chi connectivity index (χ4v) is 1.26. The van der Waals surface area contributed by atoms with Gasteiger partial charge in [-0.2, -0.15) is 0 Å². The summed E-state index contributed by atoms with van der Waals surface area (Å²) in [5, 5.41) is 3.58. The predicted molar refractivity (Wildman–Crippen MR) is 54.5 cm³/mol. The SMILES string of the molecule is COC(=O)C(CN(Cl)c1ccon1)NCl. The van der Waals surface area contributed by atoms with Gasteiger partial charge < -0.3 is 9.26 Å². The van der Waals surface area contributed by atoms with E-state index in [-0.39, 0.29) is 6.54 Å². The van der Waals surface area contributed by atoms with E-state index in [1.165, 1.54) is 17.8 Å². The molecule has 15 heavy (non-hydrogen) atoms. The minimum Gasteiger partial charge on any atom is -0.468 e. The van der Waals surface area contributed by atoms with Crippen LogP contribution in [0, 0.1) is 0 Å². The Bertz CT molecular complexity index is 306. The molecule has 0 aliphatic rings. The van der Waals surface area contributed by atoms with E-state index in [4.69, 9.17) is 23.6 Å². The minimum absolute atomic E-state index is 0.101. The number of carbonyl (C=O) groups excluding carboxylic acids is 1. The number of hydrogen-bond acceptors (Lipinski definition) is 6. The van der Waals surface area contributed by atoms with E-state index in [1.807, 2.05) is 0 Å². The molecule has 1 atom stereocenters. The summed E-state index contributed by atoms with van der Waals surface area (Å²) in [4.78, 5) is 13.4. The van der Waals surface area contributed by atoms with Gasteiger partial charge in [0.25, 0.3) is 0 Å².